The molecule has 1 aromatic carbocycles. The molecule has 2 heterocycles. The van der Waals surface area contributed by atoms with Crippen LogP contribution in [0.3, 0.4) is 0 Å². The summed E-state index contributed by atoms with van der Waals surface area (Å²) in [5.74, 6) is 0. The van der Waals surface area contributed by atoms with Gasteiger partial charge in [0.05, 0.1) is 5.69 Å². The van der Waals surface area contributed by atoms with Gasteiger partial charge in [-0.25, -0.2) is 4.98 Å². The van der Waals surface area contributed by atoms with Gasteiger partial charge in [0.2, 0.25) is 0 Å². The van der Waals surface area contributed by atoms with Crippen LogP contribution >= 0.6 is 23.7 Å². The monoisotopic (exact) mass is 337 g/mol. The first-order valence-corrected chi connectivity index (χ1v) is 8.61. The van der Waals surface area contributed by atoms with Crippen molar-refractivity contribution in [2.24, 2.45) is 0 Å². The average Bonchev–Trinajstić information content (AvgIpc) is 2.81. The summed E-state index contributed by atoms with van der Waals surface area (Å²) in [6.07, 6.45) is 3.81. The third-order valence-corrected chi connectivity index (χ3v) is 5.09. The predicted octanol–water partition coefficient (Wildman–Crippen LogP) is 3.81. The van der Waals surface area contributed by atoms with E-state index in [0.29, 0.717) is 6.04 Å². The number of nitrogens with zero attached hydrogens (tertiary/aromatic N) is 2. The summed E-state index contributed by atoms with van der Waals surface area (Å²) in [5.41, 5.74) is 2.41. The van der Waals surface area contributed by atoms with Crippen LogP contribution in [0.15, 0.2) is 35.7 Å². The van der Waals surface area contributed by atoms with E-state index in [1.165, 1.54) is 37.1 Å². The molecular formula is C17H24ClN3S. The molecule has 0 radical (unpaired) electrons. The minimum atomic E-state index is 0. The molecule has 1 saturated heterocycles. The lowest BCUT2D eigenvalue weighted by molar-refractivity contribution is 0.214. The zero-order valence-electron chi connectivity index (χ0n) is 13.0. The van der Waals surface area contributed by atoms with Crippen molar-refractivity contribution in [1.29, 1.82) is 0 Å². The molecule has 1 aromatic heterocycles. The van der Waals surface area contributed by atoms with Crippen molar-refractivity contribution in [3.63, 3.8) is 0 Å². The Bertz CT molecular complexity index is 550. The van der Waals surface area contributed by atoms with Gasteiger partial charge in [-0.05, 0) is 39.4 Å². The van der Waals surface area contributed by atoms with E-state index in [9.17, 15) is 0 Å². The summed E-state index contributed by atoms with van der Waals surface area (Å²) in [6.45, 7) is 3.26. The summed E-state index contributed by atoms with van der Waals surface area (Å²) in [6, 6.07) is 11.1. The van der Waals surface area contributed by atoms with E-state index in [4.69, 9.17) is 4.98 Å². The Balaban J connectivity index is 0.00000176. The van der Waals surface area contributed by atoms with Gasteiger partial charge >= 0.3 is 0 Å². The Labute approximate surface area is 143 Å². The third kappa shape index (κ3) is 4.53. The lowest BCUT2D eigenvalue weighted by Crippen LogP contribution is -2.32. The van der Waals surface area contributed by atoms with Gasteiger partial charge < -0.3 is 5.32 Å². The maximum Gasteiger partial charge on any atom is 0.123 e. The third-order valence-electron chi connectivity index (χ3n) is 4.15. The summed E-state index contributed by atoms with van der Waals surface area (Å²) < 4.78 is 0. The van der Waals surface area contributed by atoms with Crippen molar-refractivity contribution >= 4 is 23.7 Å². The molecular weight excluding hydrogens is 314 g/mol. The first kappa shape index (κ1) is 17.4. The number of halogens is 1. The highest BCUT2D eigenvalue weighted by Crippen LogP contribution is 2.24. The van der Waals surface area contributed by atoms with Crippen LogP contribution in [0.2, 0.25) is 0 Å². The van der Waals surface area contributed by atoms with Gasteiger partial charge in [0.1, 0.15) is 5.01 Å². The van der Waals surface area contributed by atoms with E-state index >= 15 is 0 Å². The minimum Gasteiger partial charge on any atom is -0.317 e. The van der Waals surface area contributed by atoms with E-state index in [-0.39, 0.29) is 12.4 Å². The number of nitrogens with one attached hydrogen (secondary N) is 1. The zero-order valence-corrected chi connectivity index (χ0v) is 14.6. The second kappa shape index (κ2) is 8.63. The topological polar surface area (TPSA) is 28.2 Å². The van der Waals surface area contributed by atoms with Crippen LogP contribution in [0, 0.1) is 0 Å². The molecule has 1 atom stereocenters. The number of thiazole rings is 1. The maximum absolute atomic E-state index is 4.80. The van der Waals surface area contributed by atoms with Gasteiger partial charge in [-0.1, -0.05) is 30.3 Å². The number of aromatic nitrogens is 1. The molecule has 5 heteroatoms. The standard InChI is InChI=1S/C17H23N3S.ClH/c1-20(16-8-5-10-18-11-9-16)12-15-13-21-17(19-15)14-6-3-2-4-7-14;/h2-4,6-7,13,16,18H,5,8-12H2,1H3;1H. The van der Waals surface area contributed by atoms with Crippen LogP contribution in [0.4, 0.5) is 0 Å². The van der Waals surface area contributed by atoms with E-state index in [1.807, 2.05) is 6.07 Å². The second-order valence-corrected chi connectivity index (χ2v) is 6.62. The molecule has 0 amide bonds. The predicted molar refractivity (Wildman–Crippen MR) is 96.8 cm³/mol. The Morgan fingerprint density at radius 1 is 1.23 bits per heavy atom. The lowest BCUT2D eigenvalue weighted by atomic mass is 10.1. The molecule has 0 aliphatic carbocycles. The van der Waals surface area contributed by atoms with E-state index in [1.54, 1.807) is 11.3 Å². The van der Waals surface area contributed by atoms with Crippen molar-refractivity contribution in [2.45, 2.75) is 31.8 Å². The molecule has 1 N–H and O–H groups in total. The quantitative estimate of drug-likeness (QED) is 0.919. The molecule has 0 bridgehead atoms. The van der Waals surface area contributed by atoms with E-state index in [2.05, 4.69) is 46.9 Å². The van der Waals surface area contributed by atoms with Crippen molar-refractivity contribution in [1.82, 2.24) is 15.2 Å². The second-order valence-electron chi connectivity index (χ2n) is 5.76. The summed E-state index contributed by atoms with van der Waals surface area (Å²) in [5, 5.41) is 6.81. The Hall–Kier alpha value is -0.940. The van der Waals surface area contributed by atoms with Gasteiger partial charge in [0.15, 0.2) is 0 Å². The van der Waals surface area contributed by atoms with Crippen LogP contribution < -0.4 is 5.32 Å². The molecule has 0 saturated carbocycles. The summed E-state index contributed by atoms with van der Waals surface area (Å²) in [7, 11) is 2.23. The van der Waals surface area contributed by atoms with Gasteiger partial charge in [0, 0.05) is 23.5 Å². The molecule has 1 fully saturated rings. The Morgan fingerprint density at radius 3 is 2.86 bits per heavy atom. The Kier molecular flexibility index (Phi) is 6.83. The van der Waals surface area contributed by atoms with Gasteiger partial charge in [0.25, 0.3) is 0 Å². The van der Waals surface area contributed by atoms with Crippen LogP contribution in [0.25, 0.3) is 10.6 Å². The van der Waals surface area contributed by atoms with Crippen LogP contribution in [-0.2, 0) is 6.54 Å². The smallest absolute Gasteiger partial charge is 0.123 e. The largest absolute Gasteiger partial charge is 0.317 e. The van der Waals surface area contributed by atoms with Crippen LogP contribution in [-0.4, -0.2) is 36.1 Å². The lowest BCUT2D eigenvalue weighted by Gasteiger charge is -2.25. The van der Waals surface area contributed by atoms with E-state index in [0.717, 1.165) is 18.1 Å². The van der Waals surface area contributed by atoms with Gasteiger partial charge in [-0.3, -0.25) is 4.90 Å². The van der Waals surface area contributed by atoms with Gasteiger partial charge in [-0.15, -0.1) is 23.7 Å². The van der Waals surface area contributed by atoms with Crippen LogP contribution in [0.5, 0.6) is 0 Å². The number of rotatable bonds is 4. The molecule has 22 heavy (non-hydrogen) atoms. The molecule has 2 aromatic rings. The molecule has 1 unspecified atom stereocenters. The Morgan fingerprint density at radius 2 is 2.05 bits per heavy atom. The normalized spacial score (nSPS) is 18.7. The first-order valence-electron chi connectivity index (χ1n) is 7.74. The highest BCUT2D eigenvalue weighted by Gasteiger charge is 2.17. The number of hydrogen-bond acceptors (Lipinski definition) is 4. The fourth-order valence-corrected chi connectivity index (χ4v) is 3.74. The molecule has 1 aliphatic heterocycles. The zero-order chi connectivity index (χ0) is 14.5. The number of hydrogen-bond donors (Lipinski definition) is 1. The van der Waals surface area contributed by atoms with Crippen molar-refractivity contribution < 1.29 is 0 Å². The maximum atomic E-state index is 4.80. The fourth-order valence-electron chi connectivity index (χ4n) is 2.92. The van der Waals surface area contributed by atoms with Crippen molar-refractivity contribution in [3.8, 4) is 10.6 Å². The molecule has 1 aliphatic rings. The van der Waals surface area contributed by atoms with Crippen LogP contribution in [0.1, 0.15) is 25.0 Å². The fraction of sp³-hybridized carbons (Fsp3) is 0.471. The van der Waals surface area contributed by atoms with E-state index < -0.39 is 0 Å². The highest BCUT2D eigenvalue weighted by atomic mass is 35.5. The SMILES string of the molecule is CN(Cc1csc(-c2ccccc2)n1)C1CCCNCC1.Cl. The summed E-state index contributed by atoms with van der Waals surface area (Å²) in [4.78, 5) is 7.27. The van der Waals surface area contributed by atoms with Gasteiger partial charge in [-0.2, -0.15) is 0 Å². The number of benzene rings is 1. The first-order chi connectivity index (χ1) is 10.3. The van der Waals surface area contributed by atoms with Crippen molar-refractivity contribution in [3.05, 3.63) is 41.4 Å². The molecule has 120 valence electrons. The minimum absolute atomic E-state index is 0. The highest BCUT2D eigenvalue weighted by molar-refractivity contribution is 7.13. The molecule has 0 spiro atoms. The van der Waals surface area contributed by atoms with Crippen molar-refractivity contribution in [2.75, 3.05) is 20.1 Å². The summed E-state index contributed by atoms with van der Waals surface area (Å²) >= 11 is 1.75. The molecule has 3 nitrogen and oxygen atoms in total. The average molecular weight is 338 g/mol. The molecule has 3 rings (SSSR count).